The van der Waals surface area contributed by atoms with Gasteiger partial charge in [0.2, 0.25) is 0 Å². The van der Waals surface area contributed by atoms with Crippen LogP contribution in [-0.2, 0) is 11.2 Å². The van der Waals surface area contributed by atoms with Crippen molar-refractivity contribution in [2.45, 2.75) is 84.5 Å². The van der Waals surface area contributed by atoms with E-state index in [0.717, 1.165) is 12.8 Å². The topological polar surface area (TPSA) is 29.4 Å². The van der Waals surface area contributed by atoms with Gasteiger partial charge in [-0.15, -0.1) is 0 Å². The van der Waals surface area contributed by atoms with Crippen LogP contribution in [0, 0.1) is 23.7 Å². The summed E-state index contributed by atoms with van der Waals surface area (Å²) in [5, 5.41) is 0. The third kappa shape index (κ3) is 5.45. The van der Waals surface area contributed by atoms with Crippen LogP contribution < -0.4 is 0 Å². The van der Waals surface area contributed by atoms with Crippen LogP contribution in [0.5, 0.6) is 0 Å². The summed E-state index contributed by atoms with van der Waals surface area (Å²) in [5.41, 5.74) is 5.52. The molecule has 0 aromatic heterocycles. The van der Waals surface area contributed by atoms with Gasteiger partial charge in [0.25, 0.3) is 0 Å². The molecule has 1 fully saturated rings. The lowest BCUT2D eigenvalue weighted by atomic mass is 9.74. The first kappa shape index (κ1) is 22.2. The molecule has 0 saturated heterocycles. The van der Waals surface area contributed by atoms with Gasteiger partial charge >= 0.3 is 0 Å². The number of ketones is 1. The Hall–Kier alpha value is -1.96. The Balaban J connectivity index is 1.47. The van der Waals surface area contributed by atoms with Gasteiger partial charge in [-0.2, -0.15) is 0 Å². The fraction of sp³-hybridized carbons (Fsp3) is 0.586. The Morgan fingerprint density at radius 1 is 1.16 bits per heavy atom. The van der Waals surface area contributed by atoms with E-state index in [1.807, 2.05) is 0 Å². The van der Waals surface area contributed by atoms with Crippen molar-refractivity contribution in [2.75, 3.05) is 0 Å². The van der Waals surface area contributed by atoms with E-state index < -0.39 is 0 Å². The molecule has 4 unspecified atom stereocenters. The molecule has 2 heteroatoms. The van der Waals surface area contributed by atoms with Crippen LogP contribution in [0.3, 0.4) is 0 Å². The summed E-state index contributed by atoms with van der Waals surface area (Å²) in [4.78, 5) is 17.4. The monoisotopic (exact) mass is 417 g/mol. The first-order valence-electron chi connectivity index (χ1n) is 12.5. The molecular weight excluding hydrogens is 378 g/mol. The predicted molar refractivity (Wildman–Crippen MR) is 130 cm³/mol. The predicted octanol–water partition coefficient (Wildman–Crippen LogP) is 7.45. The lowest BCUT2D eigenvalue weighted by molar-refractivity contribution is -0.118. The van der Waals surface area contributed by atoms with Gasteiger partial charge in [0.15, 0.2) is 0 Å². The van der Waals surface area contributed by atoms with Gasteiger partial charge in [0, 0.05) is 30.7 Å². The largest absolute Gasteiger partial charge is 0.299 e. The van der Waals surface area contributed by atoms with Gasteiger partial charge in [-0.25, -0.2) is 0 Å². The fourth-order valence-corrected chi connectivity index (χ4v) is 5.77. The summed E-state index contributed by atoms with van der Waals surface area (Å²) < 4.78 is 0. The average molecular weight is 418 g/mol. The second-order valence-corrected chi connectivity index (χ2v) is 10.6. The van der Waals surface area contributed by atoms with E-state index in [1.165, 1.54) is 54.5 Å². The Morgan fingerprint density at radius 3 is 2.84 bits per heavy atom. The molecule has 1 aromatic rings. The highest BCUT2D eigenvalue weighted by Crippen LogP contribution is 2.45. The Labute approximate surface area is 188 Å². The molecule has 0 amide bonds. The zero-order chi connectivity index (χ0) is 21.8. The molecule has 1 heterocycles. The summed E-state index contributed by atoms with van der Waals surface area (Å²) in [6, 6.07) is 8.89. The third-order valence-electron chi connectivity index (χ3n) is 7.66. The molecule has 2 nitrogen and oxygen atoms in total. The van der Waals surface area contributed by atoms with Crippen molar-refractivity contribution in [3.63, 3.8) is 0 Å². The summed E-state index contributed by atoms with van der Waals surface area (Å²) in [6.07, 6.45) is 16.5. The van der Waals surface area contributed by atoms with Crippen molar-refractivity contribution < 1.29 is 4.79 Å². The first-order valence-corrected chi connectivity index (χ1v) is 12.5. The molecule has 166 valence electrons. The van der Waals surface area contributed by atoms with Crippen molar-refractivity contribution in [3.05, 3.63) is 58.8 Å². The molecule has 0 spiro atoms. The molecule has 31 heavy (non-hydrogen) atoms. The van der Waals surface area contributed by atoms with Crippen LogP contribution >= 0.6 is 0 Å². The summed E-state index contributed by atoms with van der Waals surface area (Å²) in [7, 11) is 0. The van der Waals surface area contributed by atoms with Crippen molar-refractivity contribution in [1.82, 2.24) is 0 Å². The second kappa shape index (κ2) is 10.1. The Kier molecular flexibility index (Phi) is 7.25. The van der Waals surface area contributed by atoms with E-state index in [4.69, 9.17) is 4.99 Å². The highest BCUT2D eigenvalue weighted by Gasteiger charge is 2.32. The molecule has 0 radical (unpaired) electrons. The molecule has 1 aromatic carbocycles. The first-order chi connectivity index (χ1) is 15.0. The number of hydrogen-bond acceptors (Lipinski definition) is 2. The van der Waals surface area contributed by atoms with Crippen molar-refractivity contribution in [3.8, 4) is 0 Å². The normalized spacial score (nSPS) is 28.1. The van der Waals surface area contributed by atoms with E-state index in [-0.39, 0.29) is 0 Å². The smallest absolute Gasteiger partial charge is 0.137 e. The van der Waals surface area contributed by atoms with E-state index in [9.17, 15) is 4.79 Å². The summed E-state index contributed by atoms with van der Waals surface area (Å²) in [5.74, 6) is 3.47. The number of hydrogen-bond donors (Lipinski definition) is 0. The molecule has 2 aliphatic carbocycles. The van der Waals surface area contributed by atoms with Gasteiger partial charge in [-0.3, -0.25) is 9.79 Å². The molecule has 0 N–H and O–H groups in total. The lowest BCUT2D eigenvalue weighted by Gasteiger charge is -2.31. The number of allylic oxidation sites excluding steroid dienone is 4. The third-order valence-corrected chi connectivity index (χ3v) is 7.66. The number of nitrogens with zero attached hydrogens (tertiary/aromatic N) is 1. The Bertz CT molecular complexity index is 874. The van der Waals surface area contributed by atoms with Crippen LogP contribution in [0.2, 0.25) is 0 Å². The highest BCUT2D eigenvalue weighted by molar-refractivity contribution is 5.80. The zero-order valence-corrected chi connectivity index (χ0v) is 19.6. The van der Waals surface area contributed by atoms with Crippen LogP contribution in [0.15, 0.2) is 52.7 Å². The van der Waals surface area contributed by atoms with Crippen LogP contribution in [0.4, 0.5) is 0 Å². The number of carbonyl (C=O) groups excluding carboxylic acids is 1. The van der Waals surface area contributed by atoms with Gasteiger partial charge < -0.3 is 0 Å². The molecule has 4 atom stereocenters. The van der Waals surface area contributed by atoms with E-state index in [2.05, 4.69) is 63.4 Å². The number of fused-ring (bicyclic) bond motifs is 1. The maximum Gasteiger partial charge on any atom is 0.137 e. The van der Waals surface area contributed by atoms with Crippen molar-refractivity contribution in [1.29, 1.82) is 0 Å². The fourth-order valence-electron chi connectivity index (χ4n) is 5.77. The molecule has 4 rings (SSSR count). The van der Waals surface area contributed by atoms with Crippen LogP contribution in [0.25, 0.3) is 0 Å². The van der Waals surface area contributed by atoms with Gasteiger partial charge in [-0.05, 0) is 78.9 Å². The second-order valence-electron chi connectivity index (χ2n) is 10.6. The van der Waals surface area contributed by atoms with Gasteiger partial charge in [0.1, 0.15) is 5.78 Å². The maximum absolute atomic E-state index is 12.4. The number of benzene rings is 1. The number of rotatable bonds is 7. The quantitative estimate of drug-likeness (QED) is 0.453. The highest BCUT2D eigenvalue weighted by atomic mass is 16.1. The molecule has 3 aliphatic rings. The SMILES string of the molecule is CC(C)CCC(=O)Cc1cccc(C2CCCC(C3=C4C=CCC4C(C)CC=N3)C2)c1. The van der Waals surface area contributed by atoms with E-state index >= 15 is 0 Å². The van der Waals surface area contributed by atoms with Crippen molar-refractivity contribution >= 4 is 12.0 Å². The van der Waals surface area contributed by atoms with E-state index in [0.29, 0.717) is 48.2 Å². The molecule has 1 saturated carbocycles. The van der Waals surface area contributed by atoms with Crippen molar-refractivity contribution in [2.24, 2.45) is 28.7 Å². The standard InChI is InChI=1S/C29H39NO/c1-20(2)13-14-26(31)18-22-7-4-8-23(17-22)24-9-5-10-25(19-24)29-28-12-6-11-27(28)21(3)15-16-30-29/h4,6-8,12,16-17,20-21,24-25,27H,5,9-11,13-15,18-19H2,1-3H3. The maximum atomic E-state index is 12.4. The summed E-state index contributed by atoms with van der Waals surface area (Å²) in [6.45, 7) is 6.75. The zero-order valence-electron chi connectivity index (χ0n) is 19.6. The van der Waals surface area contributed by atoms with Gasteiger partial charge in [0.05, 0.1) is 0 Å². The molecule has 0 bridgehead atoms. The lowest BCUT2D eigenvalue weighted by Crippen LogP contribution is -2.18. The molecule has 1 aliphatic heterocycles. The minimum absolute atomic E-state index is 0.375. The number of carbonyl (C=O) groups is 1. The van der Waals surface area contributed by atoms with Crippen LogP contribution in [-0.4, -0.2) is 12.0 Å². The van der Waals surface area contributed by atoms with E-state index in [1.54, 1.807) is 0 Å². The average Bonchev–Trinajstić information content (AvgIpc) is 3.19. The Morgan fingerprint density at radius 2 is 2.00 bits per heavy atom. The minimum Gasteiger partial charge on any atom is -0.299 e. The molecular formula is C29H39NO. The summed E-state index contributed by atoms with van der Waals surface area (Å²) >= 11 is 0. The minimum atomic E-state index is 0.375. The van der Waals surface area contributed by atoms with Crippen LogP contribution in [0.1, 0.15) is 89.2 Å². The number of Topliss-reactive ketones (excluding diaryl/α,β-unsaturated/α-hetero) is 1. The van der Waals surface area contributed by atoms with Gasteiger partial charge in [-0.1, -0.05) is 63.6 Å². The number of aliphatic imine (C=N–C) groups is 1.